The molecule has 1 heterocycles. The molecule has 1 atom stereocenters. The van der Waals surface area contributed by atoms with Crippen molar-refractivity contribution in [1.29, 1.82) is 0 Å². The van der Waals surface area contributed by atoms with E-state index in [0.717, 1.165) is 10.8 Å². The quantitative estimate of drug-likeness (QED) is 0.709. The van der Waals surface area contributed by atoms with Crippen molar-refractivity contribution in [2.75, 3.05) is 12.4 Å². The molecule has 1 saturated heterocycles. The second kappa shape index (κ2) is 5.41. The van der Waals surface area contributed by atoms with Gasteiger partial charge >= 0.3 is 0 Å². The topological polar surface area (TPSA) is 18.5 Å². The van der Waals surface area contributed by atoms with Gasteiger partial charge in [-0.05, 0) is 19.5 Å². The molecule has 0 saturated carbocycles. The molecule has 0 aliphatic carbocycles. The van der Waals surface area contributed by atoms with Gasteiger partial charge < -0.3 is 9.47 Å². The van der Waals surface area contributed by atoms with Crippen LogP contribution in [0, 0.1) is 0 Å². The van der Waals surface area contributed by atoms with E-state index in [1.165, 1.54) is 0 Å². The van der Waals surface area contributed by atoms with Gasteiger partial charge in [-0.2, -0.15) is 0 Å². The van der Waals surface area contributed by atoms with Gasteiger partial charge in [-0.1, -0.05) is 31.4 Å². The summed E-state index contributed by atoms with van der Waals surface area (Å²) >= 11 is 1.82. The SMILES string of the molecule is CC(C)OCC1CS/C(=C\[Si](C)(C)C)O1. The molecule has 1 aliphatic heterocycles. The first-order valence-corrected chi connectivity index (χ1v) is 10.1. The van der Waals surface area contributed by atoms with E-state index in [4.69, 9.17) is 9.47 Å². The molecule has 0 aromatic carbocycles. The van der Waals surface area contributed by atoms with Crippen molar-refractivity contribution < 1.29 is 9.47 Å². The van der Waals surface area contributed by atoms with Crippen molar-refractivity contribution in [1.82, 2.24) is 0 Å². The summed E-state index contributed by atoms with van der Waals surface area (Å²) in [6.45, 7) is 11.8. The lowest BCUT2D eigenvalue weighted by molar-refractivity contribution is 0.0110. The molecule has 2 nitrogen and oxygen atoms in total. The fraction of sp³-hybridized carbons (Fsp3) is 0.818. The van der Waals surface area contributed by atoms with Gasteiger partial charge in [0.15, 0.2) is 0 Å². The Hall–Kier alpha value is 0.0669. The molecule has 0 spiro atoms. The molecule has 0 bridgehead atoms. The average molecular weight is 246 g/mol. The third kappa shape index (κ3) is 5.63. The van der Waals surface area contributed by atoms with Gasteiger partial charge in [-0.15, -0.1) is 0 Å². The van der Waals surface area contributed by atoms with Gasteiger partial charge in [0.1, 0.15) is 11.2 Å². The predicted octanol–water partition coefficient (Wildman–Crippen LogP) is 3.26. The smallest absolute Gasteiger partial charge is 0.146 e. The van der Waals surface area contributed by atoms with E-state index < -0.39 is 8.07 Å². The molecular weight excluding hydrogens is 224 g/mol. The lowest BCUT2D eigenvalue weighted by atomic mass is 10.4. The van der Waals surface area contributed by atoms with Gasteiger partial charge in [0.25, 0.3) is 0 Å². The van der Waals surface area contributed by atoms with Gasteiger partial charge in [-0.25, -0.2) is 0 Å². The van der Waals surface area contributed by atoms with Crippen LogP contribution in [0.3, 0.4) is 0 Å². The Morgan fingerprint density at radius 2 is 2.20 bits per heavy atom. The maximum absolute atomic E-state index is 5.82. The third-order valence-corrected chi connectivity index (χ3v) is 4.24. The molecule has 15 heavy (non-hydrogen) atoms. The summed E-state index contributed by atoms with van der Waals surface area (Å²) in [6.07, 6.45) is 0.545. The number of hydrogen-bond donors (Lipinski definition) is 0. The van der Waals surface area contributed by atoms with E-state index in [9.17, 15) is 0 Å². The minimum absolute atomic E-state index is 0.250. The summed E-state index contributed by atoms with van der Waals surface area (Å²) < 4.78 is 11.4. The third-order valence-electron chi connectivity index (χ3n) is 1.86. The summed E-state index contributed by atoms with van der Waals surface area (Å²) in [5.41, 5.74) is 2.33. The number of hydrogen-bond acceptors (Lipinski definition) is 3. The summed E-state index contributed by atoms with van der Waals surface area (Å²) in [5, 5.41) is 1.12. The lowest BCUT2D eigenvalue weighted by Gasteiger charge is -2.14. The van der Waals surface area contributed by atoms with E-state index in [1.54, 1.807) is 0 Å². The van der Waals surface area contributed by atoms with E-state index in [1.807, 2.05) is 11.8 Å². The maximum Gasteiger partial charge on any atom is 0.146 e. The molecule has 0 aromatic rings. The standard InChI is InChI=1S/C11H22O2SSi/c1-9(2)12-6-10-7-14-11(13-10)8-15(3,4)5/h8-10H,6-7H2,1-5H3/b11-8-. The van der Waals surface area contributed by atoms with Crippen molar-refractivity contribution in [3.05, 3.63) is 10.8 Å². The van der Waals surface area contributed by atoms with Crippen LogP contribution in [0.1, 0.15) is 13.8 Å². The summed E-state index contributed by atoms with van der Waals surface area (Å²) in [6, 6.07) is 0. The van der Waals surface area contributed by atoms with Crippen LogP contribution in [0.4, 0.5) is 0 Å². The Morgan fingerprint density at radius 3 is 2.73 bits per heavy atom. The van der Waals surface area contributed by atoms with Crippen molar-refractivity contribution >= 4 is 19.8 Å². The van der Waals surface area contributed by atoms with Crippen LogP contribution in [0.5, 0.6) is 0 Å². The van der Waals surface area contributed by atoms with Crippen molar-refractivity contribution in [2.45, 2.75) is 45.7 Å². The number of ether oxygens (including phenoxy) is 2. The van der Waals surface area contributed by atoms with Crippen molar-refractivity contribution in [3.8, 4) is 0 Å². The van der Waals surface area contributed by atoms with E-state index in [0.29, 0.717) is 12.7 Å². The zero-order valence-corrected chi connectivity index (χ0v) is 12.2. The first-order chi connectivity index (χ1) is 6.87. The molecule has 4 heteroatoms. The van der Waals surface area contributed by atoms with E-state index in [2.05, 4.69) is 39.2 Å². The Morgan fingerprint density at radius 1 is 1.53 bits per heavy atom. The molecule has 1 aliphatic rings. The first-order valence-electron chi connectivity index (χ1n) is 5.51. The molecule has 1 unspecified atom stereocenters. The van der Waals surface area contributed by atoms with E-state index >= 15 is 0 Å². The minimum atomic E-state index is -1.15. The van der Waals surface area contributed by atoms with Crippen LogP contribution < -0.4 is 0 Å². The molecule has 0 amide bonds. The van der Waals surface area contributed by atoms with Gasteiger partial charge in [0, 0.05) is 5.75 Å². The Kier molecular flexibility index (Phi) is 4.74. The summed E-state index contributed by atoms with van der Waals surface area (Å²) in [4.78, 5) is 0. The predicted molar refractivity (Wildman–Crippen MR) is 69.8 cm³/mol. The molecular formula is C11H22O2SSi. The normalized spacial score (nSPS) is 24.9. The van der Waals surface area contributed by atoms with Gasteiger partial charge in [0.05, 0.1) is 20.8 Å². The fourth-order valence-electron chi connectivity index (χ4n) is 1.22. The molecule has 0 aromatic heterocycles. The second-order valence-corrected chi connectivity index (χ2v) is 11.3. The minimum Gasteiger partial charge on any atom is -0.482 e. The van der Waals surface area contributed by atoms with Gasteiger partial charge in [0.2, 0.25) is 0 Å². The average Bonchev–Trinajstić information content (AvgIpc) is 2.45. The Bertz CT molecular complexity index is 233. The second-order valence-electron chi connectivity index (χ2n) is 5.26. The Labute approximate surface area is 98.4 Å². The summed E-state index contributed by atoms with van der Waals surface area (Å²) in [5.74, 6) is 1.03. The van der Waals surface area contributed by atoms with Crippen molar-refractivity contribution in [2.24, 2.45) is 0 Å². The van der Waals surface area contributed by atoms with Crippen LogP contribution in [0.25, 0.3) is 0 Å². The van der Waals surface area contributed by atoms with Crippen LogP contribution in [0.15, 0.2) is 10.8 Å². The van der Waals surface area contributed by atoms with Crippen LogP contribution in [0.2, 0.25) is 19.6 Å². The zero-order chi connectivity index (χ0) is 11.5. The monoisotopic (exact) mass is 246 g/mol. The van der Waals surface area contributed by atoms with Crippen LogP contribution in [-0.4, -0.2) is 32.6 Å². The Balaban J connectivity index is 2.36. The number of thioether (sulfide) groups is 1. The fourth-order valence-corrected chi connectivity index (χ4v) is 4.11. The lowest BCUT2D eigenvalue weighted by Crippen LogP contribution is -2.20. The molecule has 0 N–H and O–H groups in total. The summed E-state index contributed by atoms with van der Waals surface area (Å²) in [7, 11) is -1.15. The van der Waals surface area contributed by atoms with Crippen molar-refractivity contribution in [3.63, 3.8) is 0 Å². The number of rotatable bonds is 4. The highest BCUT2D eigenvalue weighted by Crippen LogP contribution is 2.30. The molecule has 0 radical (unpaired) electrons. The highest BCUT2D eigenvalue weighted by atomic mass is 32.2. The van der Waals surface area contributed by atoms with Crippen LogP contribution in [-0.2, 0) is 9.47 Å². The molecule has 1 fully saturated rings. The molecule has 1 rings (SSSR count). The largest absolute Gasteiger partial charge is 0.482 e. The highest BCUT2D eigenvalue weighted by Gasteiger charge is 2.24. The highest BCUT2D eigenvalue weighted by molar-refractivity contribution is 8.03. The molecule has 88 valence electrons. The van der Waals surface area contributed by atoms with E-state index in [-0.39, 0.29) is 6.10 Å². The van der Waals surface area contributed by atoms with Crippen LogP contribution >= 0.6 is 11.8 Å². The zero-order valence-electron chi connectivity index (χ0n) is 10.4. The van der Waals surface area contributed by atoms with Gasteiger partial charge in [-0.3, -0.25) is 0 Å². The maximum atomic E-state index is 5.82. The first kappa shape index (κ1) is 13.1.